The van der Waals surface area contributed by atoms with E-state index in [0.29, 0.717) is 31.5 Å². The van der Waals surface area contributed by atoms with Crippen LogP contribution in [-0.4, -0.2) is 37.6 Å². The van der Waals surface area contributed by atoms with Crippen LogP contribution in [0.3, 0.4) is 0 Å². The molecule has 1 fully saturated rings. The highest BCUT2D eigenvalue weighted by Gasteiger charge is 2.53. The zero-order valence-corrected chi connectivity index (χ0v) is 8.96. The van der Waals surface area contributed by atoms with Gasteiger partial charge < -0.3 is 14.8 Å². The molecule has 1 aromatic rings. The zero-order valence-electron chi connectivity index (χ0n) is 8.96. The Kier molecular flexibility index (Phi) is 2.91. The molecule has 2 rings (SSSR count). The maximum absolute atomic E-state index is 11.1. The van der Waals surface area contributed by atoms with Gasteiger partial charge in [-0.1, -0.05) is 0 Å². The first-order valence-corrected chi connectivity index (χ1v) is 5.44. The second-order valence-corrected chi connectivity index (χ2v) is 4.13. The van der Waals surface area contributed by atoms with Gasteiger partial charge in [-0.05, 0) is 25.7 Å². The molecule has 0 atom stereocenters. The second kappa shape index (κ2) is 4.21. The molecule has 0 bridgehead atoms. The van der Waals surface area contributed by atoms with Crippen molar-refractivity contribution in [1.29, 1.82) is 0 Å². The van der Waals surface area contributed by atoms with Crippen molar-refractivity contribution in [3.05, 3.63) is 12.2 Å². The summed E-state index contributed by atoms with van der Waals surface area (Å²) in [6.07, 6.45) is 4.95. The molecule has 1 saturated carbocycles. The highest BCUT2D eigenvalue weighted by Crippen LogP contribution is 2.44. The molecule has 0 unspecified atom stereocenters. The number of carboxylic acid groups (broad SMARTS) is 1. The van der Waals surface area contributed by atoms with E-state index >= 15 is 0 Å². The minimum atomic E-state index is -0.810. The van der Waals surface area contributed by atoms with Crippen molar-refractivity contribution in [3.63, 3.8) is 0 Å². The van der Waals surface area contributed by atoms with E-state index in [0.717, 1.165) is 6.42 Å². The molecule has 1 heterocycles. The van der Waals surface area contributed by atoms with Crippen molar-refractivity contribution in [1.82, 2.24) is 14.8 Å². The number of hydrogen-bond acceptors (Lipinski definition) is 4. The molecule has 1 aliphatic carbocycles. The first kappa shape index (κ1) is 11.1. The molecule has 88 valence electrons. The average molecular weight is 225 g/mol. The van der Waals surface area contributed by atoms with Gasteiger partial charge in [0.15, 0.2) is 0 Å². The molecule has 0 aliphatic heterocycles. The molecular formula is C10H15N3O3. The monoisotopic (exact) mass is 225 g/mol. The number of aliphatic hydroxyl groups is 1. The molecule has 1 aliphatic rings. The predicted molar refractivity (Wildman–Crippen MR) is 54.9 cm³/mol. The summed E-state index contributed by atoms with van der Waals surface area (Å²) in [5.74, 6) is -0.107. The van der Waals surface area contributed by atoms with Gasteiger partial charge in [0.2, 0.25) is 0 Å². The lowest BCUT2D eigenvalue weighted by Gasteiger charge is -2.13. The van der Waals surface area contributed by atoms with E-state index in [2.05, 4.69) is 10.2 Å². The lowest BCUT2D eigenvalue weighted by Crippen LogP contribution is -2.28. The summed E-state index contributed by atoms with van der Waals surface area (Å²) in [6, 6.07) is 0. The molecule has 6 nitrogen and oxygen atoms in total. The smallest absolute Gasteiger partial charge is 0.329 e. The first-order chi connectivity index (χ1) is 7.70. The van der Waals surface area contributed by atoms with Crippen molar-refractivity contribution in [2.24, 2.45) is 0 Å². The maximum atomic E-state index is 11.1. The van der Waals surface area contributed by atoms with Crippen LogP contribution < -0.4 is 0 Å². The van der Waals surface area contributed by atoms with E-state index in [1.807, 2.05) is 0 Å². The third-order valence-electron chi connectivity index (χ3n) is 3.01. The van der Waals surface area contributed by atoms with Crippen molar-refractivity contribution < 1.29 is 15.0 Å². The molecule has 0 amide bonds. The number of rotatable bonds is 6. The van der Waals surface area contributed by atoms with Crippen LogP contribution in [0.4, 0.5) is 0 Å². The molecule has 0 spiro atoms. The van der Waals surface area contributed by atoms with E-state index in [4.69, 9.17) is 10.2 Å². The summed E-state index contributed by atoms with van der Waals surface area (Å²) in [4.78, 5) is 11.1. The third kappa shape index (κ3) is 1.80. The van der Waals surface area contributed by atoms with Gasteiger partial charge in [-0.2, -0.15) is 0 Å². The summed E-state index contributed by atoms with van der Waals surface area (Å²) < 4.78 is 1.67. The number of unbranched alkanes of at least 4 members (excludes halogenated alkanes) is 1. The summed E-state index contributed by atoms with van der Waals surface area (Å²) >= 11 is 0. The summed E-state index contributed by atoms with van der Waals surface area (Å²) in [6.45, 7) is 0.151. The minimum absolute atomic E-state index is 0.151. The van der Waals surface area contributed by atoms with Gasteiger partial charge >= 0.3 is 5.97 Å². The summed E-state index contributed by atoms with van der Waals surface area (Å²) in [5, 5.41) is 25.6. The maximum Gasteiger partial charge on any atom is 0.329 e. The average Bonchev–Trinajstić information content (AvgIpc) is 2.94. The number of nitrogens with zero attached hydrogens (tertiary/aromatic N) is 3. The highest BCUT2D eigenvalue weighted by atomic mass is 16.4. The van der Waals surface area contributed by atoms with Crippen LogP contribution in [0.15, 0.2) is 6.33 Å². The van der Waals surface area contributed by atoms with Gasteiger partial charge in [0.1, 0.15) is 17.7 Å². The zero-order chi connectivity index (χ0) is 11.6. The molecule has 6 heteroatoms. The second-order valence-electron chi connectivity index (χ2n) is 4.13. The number of carboxylic acids is 1. The van der Waals surface area contributed by atoms with E-state index < -0.39 is 11.5 Å². The van der Waals surface area contributed by atoms with Crippen molar-refractivity contribution >= 4 is 5.97 Å². The standard InChI is InChI=1S/C10H15N3O3/c14-6-2-1-3-8-12-11-7-13(8)10(4-5-10)9(15)16/h7,14H,1-6H2,(H,15,16). The van der Waals surface area contributed by atoms with Crippen LogP contribution in [-0.2, 0) is 16.8 Å². The summed E-state index contributed by atoms with van der Waals surface area (Å²) in [7, 11) is 0. The van der Waals surface area contributed by atoms with Crippen LogP contribution in [0.2, 0.25) is 0 Å². The molecule has 0 aromatic carbocycles. The lowest BCUT2D eigenvalue weighted by atomic mass is 10.2. The lowest BCUT2D eigenvalue weighted by molar-refractivity contribution is -0.142. The highest BCUT2D eigenvalue weighted by molar-refractivity contribution is 5.80. The number of aliphatic carboxylic acids is 1. The van der Waals surface area contributed by atoms with Crippen LogP contribution >= 0.6 is 0 Å². The van der Waals surface area contributed by atoms with Crippen LogP contribution in [0.1, 0.15) is 31.5 Å². The Morgan fingerprint density at radius 1 is 1.50 bits per heavy atom. The minimum Gasteiger partial charge on any atom is -0.479 e. The fourth-order valence-corrected chi connectivity index (χ4v) is 1.86. The Morgan fingerprint density at radius 3 is 2.81 bits per heavy atom. The number of aryl methyl sites for hydroxylation is 1. The largest absolute Gasteiger partial charge is 0.479 e. The van der Waals surface area contributed by atoms with Gasteiger partial charge in [0.05, 0.1) is 0 Å². The third-order valence-corrected chi connectivity index (χ3v) is 3.01. The van der Waals surface area contributed by atoms with E-state index in [1.54, 1.807) is 4.57 Å². The Balaban J connectivity index is 2.10. The van der Waals surface area contributed by atoms with Gasteiger partial charge in [-0.3, -0.25) is 0 Å². The predicted octanol–water partition coefficient (Wildman–Crippen LogP) is 0.167. The van der Waals surface area contributed by atoms with E-state index in [9.17, 15) is 4.79 Å². The first-order valence-electron chi connectivity index (χ1n) is 5.44. The Hall–Kier alpha value is -1.43. The Morgan fingerprint density at radius 2 is 2.25 bits per heavy atom. The number of carbonyl (C=O) groups is 1. The normalized spacial score (nSPS) is 17.3. The summed E-state index contributed by atoms with van der Waals surface area (Å²) in [5.41, 5.74) is -0.794. The van der Waals surface area contributed by atoms with Crippen LogP contribution in [0.5, 0.6) is 0 Å². The van der Waals surface area contributed by atoms with E-state index in [1.165, 1.54) is 6.33 Å². The Labute approximate surface area is 92.9 Å². The number of hydrogen-bond donors (Lipinski definition) is 2. The molecule has 1 aromatic heterocycles. The molecule has 0 radical (unpaired) electrons. The quantitative estimate of drug-likeness (QED) is 0.673. The molecule has 0 saturated heterocycles. The number of aromatic nitrogens is 3. The van der Waals surface area contributed by atoms with Crippen molar-refractivity contribution in [3.8, 4) is 0 Å². The van der Waals surface area contributed by atoms with Gasteiger partial charge in [-0.25, -0.2) is 4.79 Å². The van der Waals surface area contributed by atoms with E-state index in [-0.39, 0.29) is 6.61 Å². The van der Waals surface area contributed by atoms with Gasteiger partial charge in [0.25, 0.3) is 0 Å². The molecule has 2 N–H and O–H groups in total. The fraction of sp³-hybridized carbons (Fsp3) is 0.700. The number of aliphatic hydroxyl groups excluding tert-OH is 1. The van der Waals surface area contributed by atoms with Crippen LogP contribution in [0.25, 0.3) is 0 Å². The molecule has 16 heavy (non-hydrogen) atoms. The van der Waals surface area contributed by atoms with Gasteiger partial charge in [-0.15, -0.1) is 10.2 Å². The van der Waals surface area contributed by atoms with Crippen molar-refractivity contribution in [2.45, 2.75) is 37.6 Å². The fourth-order valence-electron chi connectivity index (χ4n) is 1.86. The van der Waals surface area contributed by atoms with Crippen molar-refractivity contribution in [2.75, 3.05) is 6.61 Å². The van der Waals surface area contributed by atoms with Gasteiger partial charge in [0, 0.05) is 13.0 Å². The van der Waals surface area contributed by atoms with Crippen LogP contribution in [0, 0.1) is 0 Å². The topological polar surface area (TPSA) is 88.2 Å². The SMILES string of the molecule is O=C(O)C1(n2cnnc2CCCCO)CC1. The Bertz CT molecular complexity index is 384. The molecular weight excluding hydrogens is 210 g/mol.